The maximum absolute atomic E-state index is 11.6. The molecule has 2 aliphatic heterocycles. The highest BCUT2D eigenvalue weighted by molar-refractivity contribution is 14.0. The van der Waals surface area contributed by atoms with Crippen LogP contribution in [0, 0.1) is 11.8 Å². The summed E-state index contributed by atoms with van der Waals surface area (Å²) in [6.07, 6.45) is 3.93. The third-order valence-corrected chi connectivity index (χ3v) is 5.74. The van der Waals surface area contributed by atoms with Crippen molar-refractivity contribution < 1.29 is 9.53 Å². The van der Waals surface area contributed by atoms with Gasteiger partial charge in [0.2, 0.25) is 5.91 Å². The fourth-order valence-electron chi connectivity index (χ4n) is 4.12. The maximum Gasteiger partial charge on any atom is 0.220 e. The minimum Gasteiger partial charge on any atom is -0.373 e. The van der Waals surface area contributed by atoms with Gasteiger partial charge in [-0.1, -0.05) is 30.3 Å². The molecule has 1 aromatic rings. The Hall–Kier alpha value is -1.35. The minimum absolute atomic E-state index is 0. The van der Waals surface area contributed by atoms with Crippen molar-refractivity contribution >= 4 is 35.8 Å². The van der Waals surface area contributed by atoms with Crippen molar-refractivity contribution in [3.05, 3.63) is 35.9 Å². The topological polar surface area (TPSA) is 66.0 Å². The van der Waals surface area contributed by atoms with Crippen LogP contribution < -0.4 is 10.6 Å². The van der Waals surface area contributed by atoms with E-state index in [1.807, 2.05) is 13.1 Å². The zero-order chi connectivity index (χ0) is 19.1. The number of rotatable bonds is 5. The van der Waals surface area contributed by atoms with Crippen LogP contribution >= 0.6 is 24.0 Å². The molecule has 2 fully saturated rings. The number of halogens is 1. The number of guanidine groups is 1. The van der Waals surface area contributed by atoms with Gasteiger partial charge >= 0.3 is 0 Å². The van der Waals surface area contributed by atoms with E-state index in [1.165, 1.54) is 5.56 Å². The molecule has 28 heavy (non-hydrogen) atoms. The van der Waals surface area contributed by atoms with Gasteiger partial charge in [0.15, 0.2) is 5.96 Å². The summed E-state index contributed by atoms with van der Waals surface area (Å²) < 4.78 is 5.99. The molecule has 1 amide bonds. The van der Waals surface area contributed by atoms with E-state index in [0.717, 1.165) is 51.5 Å². The van der Waals surface area contributed by atoms with Gasteiger partial charge in [-0.05, 0) is 30.7 Å². The van der Waals surface area contributed by atoms with E-state index in [2.05, 4.69) is 44.8 Å². The lowest BCUT2D eigenvalue weighted by molar-refractivity contribution is -0.121. The van der Waals surface area contributed by atoms with Crippen molar-refractivity contribution in [1.82, 2.24) is 15.5 Å². The van der Waals surface area contributed by atoms with Gasteiger partial charge < -0.3 is 20.3 Å². The quantitative estimate of drug-likeness (QED) is 0.371. The number of likely N-dealkylation sites (tertiary alicyclic amines) is 1. The highest BCUT2D eigenvalue weighted by Crippen LogP contribution is 2.34. The molecule has 0 radical (unpaired) electrons. The van der Waals surface area contributed by atoms with Crippen LogP contribution in [-0.4, -0.2) is 57.1 Å². The molecular weight excluding hydrogens is 467 g/mol. The summed E-state index contributed by atoms with van der Waals surface area (Å²) in [5, 5.41) is 6.29. The second-order valence-corrected chi connectivity index (χ2v) is 7.49. The van der Waals surface area contributed by atoms with Crippen LogP contribution in [-0.2, 0) is 9.53 Å². The van der Waals surface area contributed by atoms with Gasteiger partial charge in [-0.15, -0.1) is 24.0 Å². The lowest BCUT2D eigenvalue weighted by Gasteiger charge is -2.34. The first-order valence-electron chi connectivity index (χ1n) is 10.0. The highest BCUT2D eigenvalue weighted by atomic mass is 127. The van der Waals surface area contributed by atoms with Crippen molar-refractivity contribution in [2.24, 2.45) is 16.8 Å². The highest BCUT2D eigenvalue weighted by Gasteiger charge is 2.30. The molecule has 0 spiro atoms. The Balaban J connectivity index is 0.00000280. The largest absolute Gasteiger partial charge is 0.373 e. The number of hydrogen-bond acceptors (Lipinski definition) is 3. The van der Waals surface area contributed by atoms with E-state index in [4.69, 9.17) is 4.74 Å². The van der Waals surface area contributed by atoms with Gasteiger partial charge in [-0.3, -0.25) is 9.79 Å². The molecule has 156 valence electrons. The number of aliphatic imine (C=N–C) groups is 1. The summed E-state index contributed by atoms with van der Waals surface area (Å²) in [6.45, 7) is 3.58. The molecule has 7 heteroatoms. The second-order valence-electron chi connectivity index (χ2n) is 7.49. The Labute approximate surface area is 185 Å². The third kappa shape index (κ3) is 6.07. The predicted molar refractivity (Wildman–Crippen MR) is 123 cm³/mol. The maximum atomic E-state index is 11.6. The molecule has 6 nitrogen and oxygen atoms in total. The summed E-state index contributed by atoms with van der Waals surface area (Å²) in [5.74, 6) is 2.04. The van der Waals surface area contributed by atoms with Crippen LogP contribution in [0.2, 0.25) is 0 Å². The zero-order valence-corrected chi connectivity index (χ0v) is 19.2. The summed E-state index contributed by atoms with van der Waals surface area (Å²) in [7, 11) is 3.55. The molecule has 2 aliphatic rings. The second kappa shape index (κ2) is 11.6. The van der Waals surface area contributed by atoms with Crippen LogP contribution in [0.1, 0.15) is 37.4 Å². The van der Waals surface area contributed by atoms with E-state index in [1.54, 1.807) is 7.05 Å². The summed E-state index contributed by atoms with van der Waals surface area (Å²) in [5.41, 5.74) is 1.26. The number of piperidine rings is 1. The monoisotopic (exact) mass is 500 g/mol. The van der Waals surface area contributed by atoms with Crippen molar-refractivity contribution in [3.8, 4) is 0 Å². The molecule has 2 unspecified atom stereocenters. The third-order valence-electron chi connectivity index (χ3n) is 5.74. The van der Waals surface area contributed by atoms with Crippen molar-refractivity contribution in [3.63, 3.8) is 0 Å². The SMILES string of the molecule is CN=C(NCC1CCOC1c1ccccc1)N1CCC(CC(=O)NC)CC1.I. The number of carbonyl (C=O) groups excluding carboxylic acids is 1. The zero-order valence-electron chi connectivity index (χ0n) is 16.9. The number of nitrogens with zero attached hydrogens (tertiary/aromatic N) is 2. The minimum atomic E-state index is 0. The van der Waals surface area contributed by atoms with Crippen molar-refractivity contribution in [2.75, 3.05) is 40.3 Å². The molecule has 1 aromatic carbocycles. The molecule has 3 rings (SSSR count). The Morgan fingerprint density at radius 2 is 1.93 bits per heavy atom. The molecular formula is C21H33IN4O2. The molecule has 2 heterocycles. The average molecular weight is 500 g/mol. The van der Waals surface area contributed by atoms with Crippen LogP contribution in [0.25, 0.3) is 0 Å². The van der Waals surface area contributed by atoms with Crippen LogP contribution in [0.5, 0.6) is 0 Å². The summed E-state index contributed by atoms with van der Waals surface area (Å²) in [4.78, 5) is 18.4. The van der Waals surface area contributed by atoms with Gasteiger partial charge in [0, 0.05) is 52.7 Å². The fraction of sp³-hybridized carbons (Fsp3) is 0.619. The molecule has 2 atom stereocenters. The normalized spacial score (nSPS) is 23.2. The van der Waals surface area contributed by atoms with E-state index in [0.29, 0.717) is 18.3 Å². The van der Waals surface area contributed by atoms with Crippen LogP contribution in [0.3, 0.4) is 0 Å². The van der Waals surface area contributed by atoms with E-state index < -0.39 is 0 Å². The van der Waals surface area contributed by atoms with Crippen molar-refractivity contribution in [1.29, 1.82) is 0 Å². The molecule has 2 saturated heterocycles. The lowest BCUT2D eigenvalue weighted by Crippen LogP contribution is -2.47. The molecule has 0 bridgehead atoms. The molecule has 2 N–H and O–H groups in total. The van der Waals surface area contributed by atoms with Crippen molar-refractivity contribution in [2.45, 2.75) is 31.8 Å². The standard InChI is InChI=1S/C21H32N4O2.HI/c1-22-19(26)14-16-8-11-25(12-9-16)21(23-2)24-15-18-10-13-27-20(18)17-6-4-3-5-7-17;/h3-7,16,18,20H,8-15H2,1-2H3,(H,22,26)(H,23,24);1H. The van der Waals surface area contributed by atoms with Gasteiger partial charge in [-0.25, -0.2) is 0 Å². The van der Waals surface area contributed by atoms with Gasteiger partial charge in [-0.2, -0.15) is 0 Å². The molecule has 0 aromatic heterocycles. The molecule has 0 saturated carbocycles. The first kappa shape index (κ1) is 22.9. The number of carbonyl (C=O) groups is 1. The van der Waals surface area contributed by atoms with Gasteiger partial charge in [0.1, 0.15) is 0 Å². The number of amides is 1. The van der Waals surface area contributed by atoms with Crippen LogP contribution in [0.15, 0.2) is 35.3 Å². The number of hydrogen-bond donors (Lipinski definition) is 2. The number of nitrogens with one attached hydrogen (secondary N) is 2. The smallest absolute Gasteiger partial charge is 0.220 e. The van der Waals surface area contributed by atoms with E-state index in [-0.39, 0.29) is 36.0 Å². The van der Waals surface area contributed by atoms with Gasteiger partial charge in [0.05, 0.1) is 6.10 Å². The first-order chi connectivity index (χ1) is 13.2. The summed E-state index contributed by atoms with van der Waals surface area (Å²) in [6, 6.07) is 10.5. The van der Waals surface area contributed by atoms with Gasteiger partial charge in [0.25, 0.3) is 0 Å². The number of ether oxygens (including phenoxy) is 1. The Morgan fingerprint density at radius 3 is 2.57 bits per heavy atom. The number of benzene rings is 1. The predicted octanol–water partition coefficient (Wildman–Crippen LogP) is 2.81. The fourth-order valence-corrected chi connectivity index (χ4v) is 4.12. The Bertz CT molecular complexity index is 633. The first-order valence-corrected chi connectivity index (χ1v) is 10.0. The average Bonchev–Trinajstić information content (AvgIpc) is 3.19. The summed E-state index contributed by atoms with van der Waals surface area (Å²) >= 11 is 0. The van der Waals surface area contributed by atoms with E-state index in [9.17, 15) is 4.79 Å². The van der Waals surface area contributed by atoms with Crippen LogP contribution in [0.4, 0.5) is 0 Å². The van der Waals surface area contributed by atoms with E-state index >= 15 is 0 Å². The Morgan fingerprint density at radius 1 is 1.21 bits per heavy atom. The Kier molecular flexibility index (Phi) is 9.50. The lowest BCUT2D eigenvalue weighted by atomic mass is 9.93. The molecule has 0 aliphatic carbocycles.